The number of halogens is 3. The van der Waals surface area contributed by atoms with Crippen LogP contribution in [0.4, 0.5) is 17.5 Å². The van der Waals surface area contributed by atoms with Crippen molar-refractivity contribution in [1.82, 2.24) is 9.97 Å². The fourth-order valence-corrected chi connectivity index (χ4v) is 2.75. The van der Waals surface area contributed by atoms with Gasteiger partial charge in [0.25, 0.3) is 0 Å². The number of rotatable bonds is 2. The molecule has 0 aliphatic carbocycles. The van der Waals surface area contributed by atoms with E-state index in [1.165, 1.54) is 0 Å². The largest absolute Gasteiger partial charge is 0.383 e. The fraction of sp³-hybridized carbons (Fsp3) is 0. The summed E-state index contributed by atoms with van der Waals surface area (Å²) in [4.78, 5) is 8.26. The summed E-state index contributed by atoms with van der Waals surface area (Å²) >= 11 is 10.1. The lowest BCUT2D eigenvalue weighted by Crippen LogP contribution is -2.01. The summed E-state index contributed by atoms with van der Waals surface area (Å²) in [6.07, 6.45) is 0. The summed E-state index contributed by atoms with van der Waals surface area (Å²) < 4.78 is 2.54. The number of nitrogens with zero attached hydrogens (tertiary/aromatic N) is 2. The van der Waals surface area contributed by atoms with Crippen LogP contribution in [0, 0.1) is 0 Å². The van der Waals surface area contributed by atoms with Gasteiger partial charge < -0.3 is 11.1 Å². The molecule has 2 rings (SSSR count). The maximum Gasteiger partial charge on any atom is 0.230 e. The Morgan fingerprint density at radius 3 is 2.47 bits per heavy atom. The summed E-state index contributed by atoms with van der Waals surface area (Å²) in [5.74, 6) is 0.850. The zero-order valence-electron chi connectivity index (χ0n) is 8.42. The van der Waals surface area contributed by atoms with Crippen molar-refractivity contribution in [3.8, 4) is 0 Å². The second-order valence-electron chi connectivity index (χ2n) is 3.19. The Morgan fingerprint density at radius 2 is 1.82 bits per heavy atom. The average molecular weight is 423 g/mol. The normalized spacial score (nSPS) is 10.3. The molecule has 4 nitrogen and oxygen atoms in total. The van der Waals surface area contributed by atoms with E-state index < -0.39 is 0 Å². The highest BCUT2D eigenvalue weighted by atomic mass is 79.9. The number of anilines is 3. The van der Waals surface area contributed by atoms with Gasteiger partial charge in [0, 0.05) is 15.0 Å². The first-order valence-corrected chi connectivity index (χ1v) is 6.94. The van der Waals surface area contributed by atoms with Crippen LogP contribution in [0.15, 0.2) is 37.8 Å². The van der Waals surface area contributed by atoms with E-state index in [4.69, 9.17) is 5.73 Å². The Bertz CT molecular complexity index is 539. The van der Waals surface area contributed by atoms with Gasteiger partial charge in [0.2, 0.25) is 5.95 Å². The zero-order valence-corrected chi connectivity index (χ0v) is 13.2. The van der Waals surface area contributed by atoms with Crippen molar-refractivity contribution >= 4 is 65.2 Å². The maximum atomic E-state index is 5.63. The summed E-state index contributed by atoms with van der Waals surface area (Å²) in [7, 11) is 0. The molecule has 2 aromatic rings. The predicted octanol–water partition coefficient (Wildman–Crippen LogP) is 4.09. The lowest BCUT2D eigenvalue weighted by molar-refractivity contribution is 1.15. The number of nitrogens with one attached hydrogen (secondary N) is 1. The molecule has 0 saturated heterocycles. The second-order valence-corrected chi connectivity index (χ2v) is 5.77. The van der Waals surface area contributed by atoms with Crippen LogP contribution in [0.1, 0.15) is 0 Å². The quantitative estimate of drug-likeness (QED) is 0.715. The zero-order chi connectivity index (χ0) is 12.4. The minimum absolute atomic E-state index is 0.405. The predicted molar refractivity (Wildman–Crippen MR) is 79.3 cm³/mol. The van der Waals surface area contributed by atoms with Gasteiger partial charge in [0.1, 0.15) is 10.4 Å². The van der Waals surface area contributed by atoms with Gasteiger partial charge in [0.15, 0.2) is 0 Å². The van der Waals surface area contributed by atoms with Crippen molar-refractivity contribution in [2.24, 2.45) is 0 Å². The van der Waals surface area contributed by atoms with Crippen LogP contribution in [0.5, 0.6) is 0 Å². The molecule has 0 amide bonds. The number of hydrogen-bond acceptors (Lipinski definition) is 4. The SMILES string of the molecule is Nc1cc(Br)nc(Nc2ccc(Br)cc2Br)n1. The van der Waals surface area contributed by atoms with Crippen molar-refractivity contribution < 1.29 is 0 Å². The van der Waals surface area contributed by atoms with Crippen molar-refractivity contribution in [2.75, 3.05) is 11.1 Å². The van der Waals surface area contributed by atoms with E-state index in [1.54, 1.807) is 6.07 Å². The van der Waals surface area contributed by atoms with Crippen LogP contribution >= 0.6 is 47.8 Å². The van der Waals surface area contributed by atoms with Crippen molar-refractivity contribution in [2.45, 2.75) is 0 Å². The molecule has 1 aromatic carbocycles. The first-order valence-electron chi connectivity index (χ1n) is 4.57. The van der Waals surface area contributed by atoms with Gasteiger partial charge in [0.05, 0.1) is 5.69 Å². The molecule has 0 aliphatic heterocycles. The molecule has 0 atom stereocenters. The van der Waals surface area contributed by atoms with Gasteiger partial charge in [-0.25, -0.2) is 4.98 Å². The molecule has 17 heavy (non-hydrogen) atoms. The minimum Gasteiger partial charge on any atom is -0.383 e. The fourth-order valence-electron chi connectivity index (χ4n) is 1.20. The number of hydrogen-bond donors (Lipinski definition) is 2. The third-order valence-corrected chi connectivity index (χ3v) is 3.45. The number of benzene rings is 1. The molecule has 1 aromatic heterocycles. The average Bonchev–Trinajstić information content (AvgIpc) is 2.21. The lowest BCUT2D eigenvalue weighted by atomic mass is 10.3. The molecule has 88 valence electrons. The van der Waals surface area contributed by atoms with Crippen LogP contribution in [-0.2, 0) is 0 Å². The van der Waals surface area contributed by atoms with E-state index in [1.807, 2.05) is 18.2 Å². The van der Waals surface area contributed by atoms with Crippen LogP contribution < -0.4 is 11.1 Å². The van der Waals surface area contributed by atoms with Crippen LogP contribution in [0.25, 0.3) is 0 Å². The highest BCUT2D eigenvalue weighted by Gasteiger charge is 2.04. The van der Waals surface area contributed by atoms with Gasteiger partial charge in [-0.15, -0.1) is 0 Å². The molecule has 0 unspecified atom stereocenters. The van der Waals surface area contributed by atoms with E-state index in [0.29, 0.717) is 16.4 Å². The van der Waals surface area contributed by atoms with E-state index in [0.717, 1.165) is 14.6 Å². The summed E-state index contributed by atoms with van der Waals surface area (Å²) in [6, 6.07) is 7.41. The molecular formula is C10H7Br3N4. The van der Waals surface area contributed by atoms with E-state index in [-0.39, 0.29) is 0 Å². The van der Waals surface area contributed by atoms with Crippen molar-refractivity contribution in [3.63, 3.8) is 0 Å². The summed E-state index contributed by atoms with van der Waals surface area (Å²) in [6.45, 7) is 0. The van der Waals surface area contributed by atoms with E-state index in [9.17, 15) is 0 Å². The third kappa shape index (κ3) is 3.40. The molecule has 3 N–H and O–H groups in total. The monoisotopic (exact) mass is 420 g/mol. The van der Waals surface area contributed by atoms with Gasteiger partial charge in [-0.2, -0.15) is 4.98 Å². The first-order chi connectivity index (χ1) is 8.04. The summed E-state index contributed by atoms with van der Waals surface area (Å²) in [5, 5.41) is 3.08. The Kier molecular flexibility index (Phi) is 4.01. The molecule has 0 bridgehead atoms. The smallest absolute Gasteiger partial charge is 0.230 e. The summed E-state index contributed by atoms with van der Waals surface area (Å²) in [5.41, 5.74) is 6.50. The lowest BCUT2D eigenvalue weighted by Gasteiger charge is -2.08. The van der Waals surface area contributed by atoms with E-state index in [2.05, 4.69) is 63.1 Å². The van der Waals surface area contributed by atoms with Crippen LogP contribution in [0.2, 0.25) is 0 Å². The molecule has 0 radical (unpaired) electrons. The topological polar surface area (TPSA) is 63.8 Å². The second kappa shape index (κ2) is 5.32. The Morgan fingerprint density at radius 1 is 1.06 bits per heavy atom. The highest BCUT2D eigenvalue weighted by molar-refractivity contribution is 9.11. The number of aromatic nitrogens is 2. The highest BCUT2D eigenvalue weighted by Crippen LogP contribution is 2.28. The standard InChI is InChI=1S/C10H7Br3N4/c11-5-1-2-7(6(12)3-5)15-10-16-8(13)4-9(14)17-10/h1-4H,(H3,14,15,16,17). The van der Waals surface area contributed by atoms with Crippen LogP contribution in [0.3, 0.4) is 0 Å². The van der Waals surface area contributed by atoms with Gasteiger partial charge in [-0.3, -0.25) is 0 Å². The Balaban J connectivity index is 2.31. The van der Waals surface area contributed by atoms with Crippen molar-refractivity contribution in [1.29, 1.82) is 0 Å². The van der Waals surface area contributed by atoms with Gasteiger partial charge >= 0.3 is 0 Å². The Hall–Kier alpha value is -0.660. The van der Waals surface area contributed by atoms with Crippen molar-refractivity contribution in [3.05, 3.63) is 37.8 Å². The molecule has 0 aliphatic rings. The molecule has 0 fully saturated rings. The van der Waals surface area contributed by atoms with Gasteiger partial charge in [-0.05, 0) is 50.1 Å². The molecule has 7 heteroatoms. The molecule has 0 saturated carbocycles. The minimum atomic E-state index is 0.405. The van der Waals surface area contributed by atoms with E-state index >= 15 is 0 Å². The molecular weight excluding hydrogens is 416 g/mol. The van der Waals surface area contributed by atoms with Gasteiger partial charge in [-0.1, -0.05) is 15.9 Å². The first kappa shape index (κ1) is 12.8. The number of nitrogen functional groups attached to an aromatic ring is 1. The molecule has 0 spiro atoms. The molecule has 1 heterocycles. The number of nitrogens with two attached hydrogens (primary N) is 1. The van der Waals surface area contributed by atoms with Crippen LogP contribution in [-0.4, -0.2) is 9.97 Å². The maximum absolute atomic E-state index is 5.63. The third-order valence-electron chi connectivity index (χ3n) is 1.89. The Labute approximate surface area is 123 Å².